The normalized spacial score (nSPS) is 11.2. The monoisotopic (exact) mass is 455 g/mol. The van der Waals surface area contributed by atoms with Crippen LogP contribution in [0.3, 0.4) is 0 Å². The van der Waals surface area contributed by atoms with E-state index in [1.807, 2.05) is 18.2 Å². The molecular weight excluding hydrogens is 445 g/mol. The lowest BCUT2D eigenvalue weighted by Gasteiger charge is -2.18. The Balaban J connectivity index is 2.86. The SMILES string of the molecule is CON(Cc1ccc(I)c(Br)c1)C(=O)/C=C(\O)C(=O)O. The Morgan fingerprint density at radius 1 is 1.45 bits per heavy atom. The fraction of sp³-hybridized carbons (Fsp3) is 0.167. The molecule has 0 fully saturated rings. The van der Waals surface area contributed by atoms with Crippen LogP contribution in [0.15, 0.2) is 34.5 Å². The summed E-state index contributed by atoms with van der Waals surface area (Å²) in [6.07, 6.45) is 0.591. The highest BCUT2D eigenvalue weighted by molar-refractivity contribution is 14.1. The molecule has 108 valence electrons. The van der Waals surface area contributed by atoms with Crippen molar-refractivity contribution in [1.29, 1.82) is 0 Å². The van der Waals surface area contributed by atoms with Gasteiger partial charge in [0.2, 0.25) is 5.76 Å². The highest BCUT2D eigenvalue weighted by atomic mass is 127. The Labute approximate surface area is 137 Å². The Morgan fingerprint density at radius 2 is 2.10 bits per heavy atom. The highest BCUT2D eigenvalue weighted by Crippen LogP contribution is 2.21. The number of nitrogens with zero attached hydrogens (tertiary/aromatic N) is 1. The number of carbonyl (C=O) groups excluding carboxylic acids is 1. The van der Waals surface area contributed by atoms with E-state index in [1.54, 1.807) is 0 Å². The van der Waals surface area contributed by atoms with Gasteiger partial charge >= 0.3 is 5.97 Å². The molecule has 1 aromatic rings. The second kappa shape index (κ2) is 7.60. The summed E-state index contributed by atoms with van der Waals surface area (Å²) in [5.41, 5.74) is 0.788. The minimum absolute atomic E-state index is 0.119. The number of carboxylic acid groups (broad SMARTS) is 1. The van der Waals surface area contributed by atoms with Crippen molar-refractivity contribution >= 4 is 50.4 Å². The summed E-state index contributed by atoms with van der Waals surface area (Å²) < 4.78 is 1.90. The van der Waals surface area contributed by atoms with Crippen molar-refractivity contribution in [2.45, 2.75) is 6.54 Å². The summed E-state index contributed by atoms with van der Waals surface area (Å²) in [4.78, 5) is 27.1. The van der Waals surface area contributed by atoms with Crippen molar-refractivity contribution in [2.24, 2.45) is 0 Å². The van der Waals surface area contributed by atoms with Crippen LogP contribution < -0.4 is 0 Å². The fourth-order valence-electron chi connectivity index (χ4n) is 1.29. The number of rotatable bonds is 5. The third-order valence-corrected chi connectivity index (χ3v) is 4.59. The van der Waals surface area contributed by atoms with Gasteiger partial charge in [-0.2, -0.15) is 0 Å². The molecule has 6 nitrogen and oxygen atoms in total. The summed E-state index contributed by atoms with van der Waals surface area (Å²) in [5, 5.41) is 18.5. The minimum atomic E-state index is -1.58. The van der Waals surface area contributed by atoms with Crippen LogP contribution in [0, 0.1) is 3.57 Å². The van der Waals surface area contributed by atoms with E-state index in [1.165, 1.54) is 7.11 Å². The number of hydrogen-bond donors (Lipinski definition) is 2. The molecule has 8 heteroatoms. The molecule has 0 aliphatic carbocycles. The number of halogens is 2. The molecular formula is C12H11BrINO5. The lowest BCUT2D eigenvalue weighted by atomic mass is 10.2. The van der Waals surface area contributed by atoms with Crippen molar-refractivity contribution < 1.29 is 24.6 Å². The van der Waals surface area contributed by atoms with Crippen LogP contribution in [0.1, 0.15) is 5.56 Å². The number of aliphatic hydroxyl groups is 1. The first-order valence-electron chi connectivity index (χ1n) is 5.28. The highest BCUT2D eigenvalue weighted by Gasteiger charge is 2.15. The Morgan fingerprint density at radius 3 is 2.60 bits per heavy atom. The van der Waals surface area contributed by atoms with Gasteiger partial charge in [0, 0.05) is 8.04 Å². The molecule has 0 saturated carbocycles. The maximum absolute atomic E-state index is 11.7. The number of aliphatic hydroxyl groups excluding tert-OH is 1. The molecule has 0 spiro atoms. The number of amides is 1. The molecule has 0 aliphatic heterocycles. The van der Waals surface area contributed by atoms with E-state index in [2.05, 4.69) is 38.5 Å². The summed E-state index contributed by atoms with van der Waals surface area (Å²) >= 11 is 5.53. The molecule has 0 heterocycles. The summed E-state index contributed by atoms with van der Waals surface area (Å²) in [6.45, 7) is 0.119. The molecule has 0 aromatic heterocycles. The van der Waals surface area contributed by atoms with Crippen LogP contribution in [0.25, 0.3) is 0 Å². The molecule has 0 atom stereocenters. The maximum Gasteiger partial charge on any atom is 0.371 e. The van der Waals surface area contributed by atoms with Gasteiger partial charge in [-0.1, -0.05) is 6.07 Å². The average molecular weight is 456 g/mol. The zero-order valence-corrected chi connectivity index (χ0v) is 14.1. The van der Waals surface area contributed by atoms with Crippen LogP contribution >= 0.6 is 38.5 Å². The van der Waals surface area contributed by atoms with Crippen LogP contribution in [0.2, 0.25) is 0 Å². The topological polar surface area (TPSA) is 87.1 Å². The molecule has 2 N–H and O–H groups in total. The Bertz CT molecular complexity index is 561. The predicted molar refractivity (Wildman–Crippen MR) is 82.8 cm³/mol. The van der Waals surface area contributed by atoms with E-state index < -0.39 is 17.6 Å². The Hall–Kier alpha value is -1.13. The van der Waals surface area contributed by atoms with Gasteiger partial charge in [-0.25, -0.2) is 9.86 Å². The van der Waals surface area contributed by atoms with Gasteiger partial charge in [-0.3, -0.25) is 9.63 Å². The largest absolute Gasteiger partial charge is 0.502 e. The van der Waals surface area contributed by atoms with Gasteiger partial charge < -0.3 is 10.2 Å². The quantitative estimate of drug-likeness (QED) is 0.308. The number of benzene rings is 1. The van der Waals surface area contributed by atoms with Crippen molar-refractivity contribution in [1.82, 2.24) is 5.06 Å². The molecule has 0 radical (unpaired) electrons. The van der Waals surface area contributed by atoms with Crippen LogP contribution in [-0.2, 0) is 21.0 Å². The van der Waals surface area contributed by atoms with E-state index in [0.717, 1.165) is 18.7 Å². The number of aliphatic carboxylic acids is 1. The number of hydroxylamine groups is 2. The van der Waals surface area contributed by atoms with Gasteiger partial charge in [-0.15, -0.1) is 0 Å². The van der Waals surface area contributed by atoms with E-state index in [4.69, 9.17) is 15.1 Å². The number of carbonyl (C=O) groups is 2. The van der Waals surface area contributed by atoms with Gasteiger partial charge in [0.1, 0.15) is 0 Å². The third-order valence-electron chi connectivity index (χ3n) is 2.26. The zero-order valence-electron chi connectivity index (χ0n) is 10.3. The Kier molecular flexibility index (Phi) is 6.43. The number of carboxylic acids is 1. The fourth-order valence-corrected chi connectivity index (χ4v) is 2.05. The van der Waals surface area contributed by atoms with Crippen LogP contribution in [-0.4, -0.2) is 34.3 Å². The summed E-state index contributed by atoms with van der Waals surface area (Å²) in [7, 11) is 1.28. The third kappa shape index (κ3) is 4.76. The average Bonchev–Trinajstić information content (AvgIpc) is 2.39. The summed E-state index contributed by atoms with van der Waals surface area (Å²) in [6, 6.07) is 5.50. The van der Waals surface area contributed by atoms with Crippen molar-refractivity contribution in [3.63, 3.8) is 0 Å². The summed E-state index contributed by atoms with van der Waals surface area (Å²) in [5.74, 6) is -3.38. The van der Waals surface area contributed by atoms with Crippen molar-refractivity contribution in [3.8, 4) is 0 Å². The first-order valence-corrected chi connectivity index (χ1v) is 7.15. The van der Waals surface area contributed by atoms with Crippen LogP contribution in [0.5, 0.6) is 0 Å². The molecule has 0 aliphatic rings. The molecule has 1 amide bonds. The number of hydrogen-bond acceptors (Lipinski definition) is 4. The zero-order chi connectivity index (χ0) is 15.3. The van der Waals surface area contributed by atoms with E-state index in [9.17, 15) is 9.59 Å². The molecule has 0 saturated heterocycles. The van der Waals surface area contributed by atoms with Crippen molar-refractivity contribution in [3.05, 3.63) is 43.6 Å². The molecule has 0 unspecified atom stereocenters. The lowest BCUT2D eigenvalue weighted by Crippen LogP contribution is -2.28. The van der Waals surface area contributed by atoms with E-state index >= 15 is 0 Å². The van der Waals surface area contributed by atoms with Gasteiger partial charge in [0.25, 0.3) is 5.91 Å². The van der Waals surface area contributed by atoms with Crippen molar-refractivity contribution in [2.75, 3.05) is 7.11 Å². The second-order valence-electron chi connectivity index (χ2n) is 3.64. The van der Waals surface area contributed by atoms with Gasteiger partial charge in [0.15, 0.2) is 0 Å². The molecule has 0 bridgehead atoms. The van der Waals surface area contributed by atoms with Gasteiger partial charge in [0.05, 0.1) is 19.7 Å². The van der Waals surface area contributed by atoms with Crippen LogP contribution in [0.4, 0.5) is 0 Å². The first kappa shape index (κ1) is 16.9. The smallest absolute Gasteiger partial charge is 0.371 e. The predicted octanol–water partition coefficient (Wildman–Crippen LogP) is 2.47. The van der Waals surface area contributed by atoms with Gasteiger partial charge in [-0.05, 0) is 56.2 Å². The lowest BCUT2D eigenvalue weighted by molar-refractivity contribution is -0.173. The van der Waals surface area contributed by atoms with E-state index in [-0.39, 0.29) is 6.54 Å². The maximum atomic E-state index is 11.7. The second-order valence-corrected chi connectivity index (χ2v) is 5.66. The molecule has 1 rings (SSSR count). The standard InChI is InChI=1S/C12H11BrINO5/c1-20-15(11(17)5-10(16)12(18)19)6-7-2-3-9(14)8(13)4-7/h2-5,16H,6H2,1H3,(H,18,19)/b10-5-. The van der Waals surface area contributed by atoms with E-state index in [0.29, 0.717) is 6.08 Å². The minimum Gasteiger partial charge on any atom is -0.502 e. The first-order chi connectivity index (χ1) is 9.35. The molecule has 20 heavy (non-hydrogen) atoms. The molecule has 1 aromatic carbocycles.